The number of benzene rings is 1. The molecular formula is C22H31N7O4. The predicted molar refractivity (Wildman–Crippen MR) is 123 cm³/mol. The maximum absolute atomic E-state index is 13.3. The van der Waals surface area contributed by atoms with Gasteiger partial charge in [-0.05, 0) is 29.1 Å². The van der Waals surface area contributed by atoms with Crippen molar-refractivity contribution in [2.45, 2.75) is 19.5 Å². The van der Waals surface area contributed by atoms with Crippen LogP contribution in [0.3, 0.4) is 0 Å². The summed E-state index contributed by atoms with van der Waals surface area (Å²) in [6.07, 6.45) is 0. The van der Waals surface area contributed by atoms with Gasteiger partial charge in [-0.1, -0.05) is 6.92 Å². The van der Waals surface area contributed by atoms with Gasteiger partial charge in [0.15, 0.2) is 17.3 Å². The molecule has 11 heteroatoms. The number of aromatic amines is 1. The Balaban J connectivity index is 1.82. The number of hydrogen-bond acceptors (Lipinski definition) is 9. The Morgan fingerprint density at radius 2 is 1.79 bits per heavy atom. The number of methoxy groups -OCH3 is 3. The standard InChI is InChI=1S/C22H31N7O4/c1-5-27-6-8-28(9-7-27)20(21-24-25-26-29(21)10-11-31-2)16-12-15-13-18(32-3)19(33-4)14-17(15)23-22(16)30/h12-14,20H,5-11H2,1-4H3,(H,23,30)/t20-/m0/s1. The van der Waals surface area contributed by atoms with Crippen molar-refractivity contribution >= 4 is 10.9 Å². The smallest absolute Gasteiger partial charge is 0.253 e. The van der Waals surface area contributed by atoms with Crippen LogP contribution >= 0.6 is 0 Å². The van der Waals surface area contributed by atoms with Crippen LogP contribution < -0.4 is 15.0 Å². The van der Waals surface area contributed by atoms with Crippen molar-refractivity contribution in [2.24, 2.45) is 0 Å². The highest BCUT2D eigenvalue weighted by Crippen LogP contribution is 2.33. The molecule has 3 aromatic rings. The average molecular weight is 458 g/mol. The number of aromatic nitrogens is 5. The fraction of sp³-hybridized carbons (Fsp3) is 0.545. The van der Waals surface area contributed by atoms with E-state index in [4.69, 9.17) is 14.2 Å². The number of rotatable bonds is 9. The zero-order valence-corrected chi connectivity index (χ0v) is 19.6. The van der Waals surface area contributed by atoms with E-state index >= 15 is 0 Å². The molecule has 0 unspecified atom stereocenters. The van der Waals surface area contributed by atoms with E-state index < -0.39 is 6.04 Å². The van der Waals surface area contributed by atoms with Crippen molar-refractivity contribution < 1.29 is 14.2 Å². The van der Waals surface area contributed by atoms with Gasteiger partial charge in [0, 0.05) is 50.3 Å². The topological polar surface area (TPSA) is 111 Å². The molecule has 0 saturated carbocycles. The molecule has 1 atom stereocenters. The Bertz CT molecular complexity index is 1140. The summed E-state index contributed by atoms with van der Waals surface area (Å²) >= 11 is 0. The lowest BCUT2D eigenvalue weighted by molar-refractivity contribution is 0.106. The normalized spacial score (nSPS) is 16.2. The van der Waals surface area contributed by atoms with Crippen LogP contribution in [0.1, 0.15) is 24.4 Å². The first-order valence-electron chi connectivity index (χ1n) is 11.1. The zero-order chi connectivity index (χ0) is 23.4. The average Bonchev–Trinajstić information content (AvgIpc) is 3.30. The van der Waals surface area contributed by atoms with Crippen molar-refractivity contribution in [3.05, 3.63) is 39.9 Å². The molecule has 1 aliphatic heterocycles. The van der Waals surface area contributed by atoms with Crippen LogP contribution in [0.25, 0.3) is 10.9 Å². The lowest BCUT2D eigenvalue weighted by atomic mass is 10.0. The number of piperazine rings is 1. The maximum Gasteiger partial charge on any atom is 0.253 e. The number of nitrogens with zero attached hydrogens (tertiary/aromatic N) is 6. The van der Waals surface area contributed by atoms with E-state index in [0.717, 1.165) is 38.1 Å². The molecule has 1 fully saturated rings. The quantitative estimate of drug-likeness (QED) is 0.501. The number of fused-ring (bicyclic) bond motifs is 1. The Labute approximate surface area is 192 Å². The van der Waals surface area contributed by atoms with Gasteiger partial charge < -0.3 is 24.1 Å². The minimum atomic E-state index is -0.392. The third-order valence-corrected chi connectivity index (χ3v) is 6.20. The van der Waals surface area contributed by atoms with E-state index in [1.54, 1.807) is 32.1 Å². The third kappa shape index (κ3) is 4.70. The number of H-pyrrole nitrogens is 1. The molecule has 1 saturated heterocycles. The largest absolute Gasteiger partial charge is 0.493 e. The molecule has 1 N–H and O–H groups in total. The van der Waals surface area contributed by atoms with E-state index in [-0.39, 0.29) is 5.56 Å². The fourth-order valence-corrected chi connectivity index (χ4v) is 4.33. The van der Waals surface area contributed by atoms with E-state index in [0.29, 0.717) is 41.6 Å². The van der Waals surface area contributed by atoms with Gasteiger partial charge in [0.05, 0.1) is 32.9 Å². The highest BCUT2D eigenvalue weighted by atomic mass is 16.5. The van der Waals surface area contributed by atoms with Crippen molar-refractivity contribution in [2.75, 3.05) is 60.7 Å². The second-order valence-corrected chi connectivity index (χ2v) is 7.97. The molecule has 33 heavy (non-hydrogen) atoms. The number of nitrogens with one attached hydrogen (secondary N) is 1. The first kappa shape index (κ1) is 23.1. The molecule has 11 nitrogen and oxygen atoms in total. The van der Waals surface area contributed by atoms with Gasteiger partial charge in [-0.15, -0.1) is 5.10 Å². The summed E-state index contributed by atoms with van der Waals surface area (Å²) < 4.78 is 17.8. The number of ether oxygens (including phenoxy) is 3. The lowest BCUT2D eigenvalue weighted by Crippen LogP contribution is -2.49. The van der Waals surface area contributed by atoms with E-state index in [9.17, 15) is 4.79 Å². The summed E-state index contributed by atoms with van der Waals surface area (Å²) in [4.78, 5) is 21.0. The van der Waals surface area contributed by atoms with Crippen LogP contribution in [0.5, 0.6) is 11.5 Å². The summed E-state index contributed by atoms with van der Waals surface area (Å²) in [5.41, 5.74) is 1.09. The maximum atomic E-state index is 13.3. The summed E-state index contributed by atoms with van der Waals surface area (Å²) in [7, 11) is 4.80. The molecule has 0 aliphatic carbocycles. The molecule has 0 spiro atoms. The highest BCUT2D eigenvalue weighted by molar-refractivity contribution is 5.83. The van der Waals surface area contributed by atoms with Crippen LogP contribution in [-0.4, -0.2) is 95.7 Å². The van der Waals surface area contributed by atoms with Gasteiger partial charge in [0.2, 0.25) is 0 Å². The molecule has 3 heterocycles. The number of tetrazole rings is 1. The van der Waals surface area contributed by atoms with Crippen LogP contribution in [0.4, 0.5) is 0 Å². The van der Waals surface area contributed by atoms with E-state index in [1.807, 2.05) is 12.1 Å². The van der Waals surface area contributed by atoms with Gasteiger partial charge >= 0.3 is 0 Å². The van der Waals surface area contributed by atoms with Gasteiger partial charge in [-0.25, -0.2) is 4.68 Å². The van der Waals surface area contributed by atoms with Crippen LogP contribution in [-0.2, 0) is 11.3 Å². The SMILES string of the molecule is CCN1CCN([C@@H](c2cc3cc(OC)c(OC)cc3[nH]c2=O)c2nnnn2CCOC)CC1. The Hall–Kier alpha value is -3.02. The molecular weight excluding hydrogens is 426 g/mol. The van der Waals surface area contributed by atoms with Crippen LogP contribution in [0.15, 0.2) is 23.0 Å². The first-order valence-corrected chi connectivity index (χ1v) is 11.1. The number of likely N-dealkylation sites (N-methyl/N-ethyl adjacent to an activating group) is 1. The van der Waals surface area contributed by atoms with Crippen molar-refractivity contribution in [3.63, 3.8) is 0 Å². The lowest BCUT2D eigenvalue weighted by Gasteiger charge is -2.38. The molecule has 0 amide bonds. The van der Waals surface area contributed by atoms with Crippen LogP contribution in [0, 0.1) is 0 Å². The highest BCUT2D eigenvalue weighted by Gasteiger charge is 2.32. The van der Waals surface area contributed by atoms with Gasteiger partial charge in [0.1, 0.15) is 6.04 Å². The van der Waals surface area contributed by atoms with Crippen molar-refractivity contribution in [1.29, 1.82) is 0 Å². The van der Waals surface area contributed by atoms with Crippen molar-refractivity contribution in [1.82, 2.24) is 35.0 Å². The first-order chi connectivity index (χ1) is 16.1. The molecule has 0 radical (unpaired) electrons. The van der Waals surface area contributed by atoms with Crippen LogP contribution in [0.2, 0.25) is 0 Å². The summed E-state index contributed by atoms with van der Waals surface area (Å²) in [6, 6.07) is 5.16. The summed E-state index contributed by atoms with van der Waals surface area (Å²) in [5.74, 6) is 1.78. The Kier molecular flexibility index (Phi) is 7.21. The number of pyridine rings is 1. The molecule has 2 aromatic heterocycles. The minimum Gasteiger partial charge on any atom is -0.493 e. The fourth-order valence-electron chi connectivity index (χ4n) is 4.33. The van der Waals surface area contributed by atoms with Crippen molar-refractivity contribution in [3.8, 4) is 11.5 Å². The van der Waals surface area contributed by atoms with E-state index in [2.05, 4.69) is 37.2 Å². The van der Waals surface area contributed by atoms with Gasteiger partial charge in [0.25, 0.3) is 5.56 Å². The molecule has 0 bridgehead atoms. The molecule has 178 valence electrons. The molecule has 4 rings (SSSR count). The monoisotopic (exact) mass is 457 g/mol. The summed E-state index contributed by atoms with van der Waals surface area (Å²) in [6.45, 7) is 7.58. The zero-order valence-electron chi connectivity index (χ0n) is 19.6. The third-order valence-electron chi connectivity index (χ3n) is 6.20. The molecule has 1 aromatic carbocycles. The van der Waals surface area contributed by atoms with Gasteiger partial charge in [-0.2, -0.15) is 0 Å². The molecule has 1 aliphatic rings. The van der Waals surface area contributed by atoms with Gasteiger partial charge in [-0.3, -0.25) is 9.69 Å². The Morgan fingerprint density at radius 3 is 2.45 bits per heavy atom. The predicted octanol–water partition coefficient (Wildman–Crippen LogP) is 0.905. The number of hydrogen-bond donors (Lipinski definition) is 1. The Morgan fingerprint density at radius 1 is 1.06 bits per heavy atom. The van der Waals surface area contributed by atoms with E-state index in [1.165, 1.54) is 0 Å². The minimum absolute atomic E-state index is 0.182. The summed E-state index contributed by atoms with van der Waals surface area (Å²) in [5, 5.41) is 13.2. The second-order valence-electron chi connectivity index (χ2n) is 7.97. The second kappa shape index (κ2) is 10.3.